The van der Waals surface area contributed by atoms with Crippen LogP contribution < -0.4 is 10.6 Å². The normalized spacial score (nSPS) is 20.0. The molecule has 7 nitrogen and oxygen atoms in total. The first-order valence-corrected chi connectivity index (χ1v) is 8.73. The predicted molar refractivity (Wildman–Crippen MR) is 91.7 cm³/mol. The van der Waals surface area contributed by atoms with Crippen LogP contribution >= 0.6 is 0 Å². The highest BCUT2D eigenvalue weighted by Crippen LogP contribution is 2.39. The fraction of sp³-hybridized carbons (Fsp3) is 0.389. The number of carbonyl (C=O) groups excluding carboxylic acids is 2. The second kappa shape index (κ2) is 6.78. The summed E-state index contributed by atoms with van der Waals surface area (Å²) in [6.07, 6.45) is 2.32. The lowest BCUT2D eigenvalue weighted by atomic mass is 10.0. The number of halogens is 1. The summed E-state index contributed by atoms with van der Waals surface area (Å²) in [5, 5.41) is 12.7. The number of nitrogens with zero attached hydrogens (tertiary/aromatic N) is 2. The smallest absolute Gasteiger partial charge is 0.318 e. The van der Waals surface area contributed by atoms with Gasteiger partial charge in [-0.1, -0.05) is 12.1 Å². The first-order chi connectivity index (χ1) is 12.6. The number of aromatic amines is 1. The van der Waals surface area contributed by atoms with Gasteiger partial charge in [-0.15, -0.1) is 0 Å². The van der Waals surface area contributed by atoms with Crippen LogP contribution in [0.4, 0.5) is 9.18 Å². The predicted octanol–water partition coefficient (Wildman–Crippen LogP) is 1.81. The molecular formula is C18H20FN5O2. The monoisotopic (exact) mass is 357 g/mol. The average molecular weight is 357 g/mol. The molecule has 2 heterocycles. The Morgan fingerprint density at radius 3 is 2.96 bits per heavy atom. The van der Waals surface area contributed by atoms with Gasteiger partial charge in [0.2, 0.25) is 5.91 Å². The van der Waals surface area contributed by atoms with E-state index in [1.54, 1.807) is 6.07 Å². The van der Waals surface area contributed by atoms with Crippen molar-refractivity contribution in [2.45, 2.75) is 31.3 Å². The van der Waals surface area contributed by atoms with Crippen LogP contribution in [0.2, 0.25) is 0 Å². The Morgan fingerprint density at radius 1 is 1.35 bits per heavy atom. The van der Waals surface area contributed by atoms with Crippen molar-refractivity contribution in [1.82, 2.24) is 25.7 Å². The molecule has 2 fully saturated rings. The highest BCUT2D eigenvalue weighted by atomic mass is 19.1. The minimum Gasteiger partial charge on any atom is -0.352 e. The molecule has 0 radical (unpaired) electrons. The number of H-pyrrole nitrogens is 1. The van der Waals surface area contributed by atoms with Crippen molar-refractivity contribution in [3.05, 3.63) is 53.1 Å². The molecule has 1 aliphatic carbocycles. The van der Waals surface area contributed by atoms with Crippen LogP contribution in [0, 0.1) is 5.82 Å². The number of carbonyl (C=O) groups is 2. The Morgan fingerprint density at radius 2 is 2.19 bits per heavy atom. The Balaban J connectivity index is 1.46. The van der Waals surface area contributed by atoms with Gasteiger partial charge in [-0.2, -0.15) is 5.10 Å². The van der Waals surface area contributed by atoms with E-state index in [9.17, 15) is 14.0 Å². The molecule has 1 saturated carbocycles. The third-order valence-electron chi connectivity index (χ3n) is 4.71. The molecule has 1 unspecified atom stereocenters. The summed E-state index contributed by atoms with van der Waals surface area (Å²) in [5.41, 5.74) is 2.31. The standard InChI is InChI=1S/C18H20FN5O2/c19-13-3-1-2-12(8-13)16-17(25)20-6-7-24(16)18(26)21-10-14-9-15(23-22-14)11-4-5-11/h1-3,8-9,11,16H,4-7,10H2,(H,20,25)(H,21,26)(H,22,23). The van der Waals surface area contributed by atoms with Gasteiger partial charge >= 0.3 is 6.03 Å². The van der Waals surface area contributed by atoms with Crippen molar-refractivity contribution < 1.29 is 14.0 Å². The molecule has 1 aromatic carbocycles. The van der Waals surface area contributed by atoms with E-state index in [-0.39, 0.29) is 11.9 Å². The number of benzene rings is 1. The van der Waals surface area contributed by atoms with Crippen LogP contribution in [0.15, 0.2) is 30.3 Å². The van der Waals surface area contributed by atoms with E-state index >= 15 is 0 Å². The topological polar surface area (TPSA) is 90.1 Å². The average Bonchev–Trinajstić information content (AvgIpc) is 3.38. The number of aromatic nitrogens is 2. The highest BCUT2D eigenvalue weighted by Gasteiger charge is 2.34. The van der Waals surface area contributed by atoms with Crippen LogP contribution in [0.5, 0.6) is 0 Å². The van der Waals surface area contributed by atoms with E-state index in [1.165, 1.54) is 23.1 Å². The highest BCUT2D eigenvalue weighted by molar-refractivity contribution is 5.89. The van der Waals surface area contributed by atoms with Gasteiger partial charge in [0.1, 0.15) is 11.9 Å². The molecule has 3 amide bonds. The first-order valence-electron chi connectivity index (χ1n) is 8.73. The molecule has 2 aliphatic rings. The molecule has 1 atom stereocenters. The molecule has 1 aliphatic heterocycles. The summed E-state index contributed by atoms with van der Waals surface area (Å²) in [7, 11) is 0. The number of rotatable bonds is 4. The molecular weight excluding hydrogens is 337 g/mol. The Labute approximate surface area is 150 Å². The van der Waals surface area contributed by atoms with Crippen molar-refractivity contribution in [2.75, 3.05) is 13.1 Å². The second-order valence-corrected chi connectivity index (χ2v) is 6.69. The lowest BCUT2D eigenvalue weighted by Crippen LogP contribution is -2.54. The van der Waals surface area contributed by atoms with E-state index in [0.29, 0.717) is 31.1 Å². The maximum atomic E-state index is 13.6. The molecule has 26 heavy (non-hydrogen) atoms. The largest absolute Gasteiger partial charge is 0.352 e. The van der Waals surface area contributed by atoms with E-state index < -0.39 is 11.9 Å². The van der Waals surface area contributed by atoms with Gasteiger partial charge in [0.25, 0.3) is 0 Å². The summed E-state index contributed by atoms with van der Waals surface area (Å²) < 4.78 is 13.6. The van der Waals surface area contributed by atoms with Gasteiger partial charge < -0.3 is 15.5 Å². The summed E-state index contributed by atoms with van der Waals surface area (Å²) >= 11 is 0. The van der Waals surface area contributed by atoms with Crippen molar-refractivity contribution >= 4 is 11.9 Å². The Kier molecular flexibility index (Phi) is 4.32. The zero-order valence-electron chi connectivity index (χ0n) is 14.2. The lowest BCUT2D eigenvalue weighted by Gasteiger charge is -2.35. The molecule has 4 rings (SSSR count). The summed E-state index contributed by atoms with van der Waals surface area (Å²) in [4.78, 5) is 26.4. The Bertz CT molecular complexity index is 832. The van der Waals surface area contributed by atoms with Gasteiger partial charge in [0.15, 0.2) is 0 Å². The molecule has 0 bridgehead atoms. The van der Waals surface area contributed by atoms with Gasteiger partial charge in [-0.05, 0) is 36.6 Å². The quantitative estimate of drug-likeness (QED) is 0.779. The summed E-state index contributed by atoms with van der Waals surface area (Å²) in [6.45, 7) is 1.02. The number of urea groups is 1. The minimum absolute atomic E-state index is 0.298. The van der Waals surface area contributed by atoms with Gasteiger partial charge in [-0.3, -0.25) is 9.89 Å². The Hall–Kier alpha value is -2.90. The van der Waals surface area contributed by atoms with Gasteiger partial charge in [-0.25, -0.2) is 9.18 Å². The third kappa shape index (κ3) is 3.40. The van der Waals surface area contributed by atoms with Crippen LogP contribution in [0.1, 0.15) is 41.8 Å². The number of piperazine rings is 1. The van der Waals surface area contributed by atoms with E-state index in [4.69, 9.17) is 0 Å². The minimum atomic E-state index is -0.844. The third-order valence-corrected chi connectivity index (χ3v) is 4.71. The fourth-order valence-electron chi connectivity index (χ4n) is 3.22. The van der Waals surface area contributed by atoms with Gasteiger partial charge in [0.05, 0.1) is 17.9 Å². The molecule has 136 valence electrons. The number of nitrogens with one attached hydrogen (secondary N) is 3. The molecule has 1 aromatic heterocycles. The zero-order valence-corrected chi connectivity index (χ0v) is 14.2. The molecule has 1 saturated heterocycles. The van der Waals surface area contributed by atoms with Crippen LogP contribution in [0.25, 0.3) is 0 Å². The SMILES string of the molecule is O=C1NCCN(C(=O)NCc2cc(C3CC3)n[nH]2)C1c1cccc(F)c1. The van der Waals surface area contributed by atoms with E-state index in [0.717, 1.165) is 24.2 Å². The maximum absolute atomic E-state index is 13.6. The van der Waals surface area contributed by atoms with Gasteiger partial charge in [0, 0.05) is 19.0 Å². The van der Waals surface area contributed by atoms with Crippen molar-refractivity contribution in [3.8, 4) is 0 Å². The number of hydrogen-bond donors (Lipinski definition) is 3. The van der Waals surface area contributed by atoms with Crippen molar-refractivity contribution in [1.29, 1.82) is 0 Å². The van der Waals surface area contributed by atoms with Crippen molar-refractivity contribution in [2.24, 2.45) is 0 Å². The maximum Gasteiger partial charge on any atom is 0.318 e. The lowest BCUT2D eigenvalue weighted by molar-refractivity contribution is -0.127. The van der Waals surface area contributed by atoms with Crippen LogP contribution in [0.3, 0.4) is 0 Å². The van der Waals surface area contributed by atoms with Crippen LogP contribution in [-0.4, -0.2) is 40.1 Å². The zero-order chi connectivity index (χ0) is 18.1. The second-order valence-electron chi connectivity index (χ2n) is 6.69. The molecule has 2 aromatic rings. The fourth-order valence-corrected chi connectivity index (χ4v) is 3.22. The summed E-state index contributed by atoms with van der Waals surface area (Å²) in [6, 6.07) is 6.53. The number of hydrogen-bond acceptors (Lipinski definition) is 3. The summed E-state index contributed by atoms with van der Waals surface area (Å²) in [5.74, 6) is -0.209. The first kappa shape index (κ1) is 16.6. The van der Waals surface area contributed by atoms with E-state index in [1.807, 2.05) is 6.07 Å². The van der Waals surface area contributed by atoms with Crippen molar-refractivity contribution in [3.63, 3.8) is 0 Å². The van der Waals surface area contributed by atoms with E-state index in [2.05, 4.69) is 20.8 Å². The molecule has 8 heteroatoms. The van der Waals surface area contributed by atoms with Crippen LogP contribution in [-0.2, 0) is 11.3 Å². The molecule has 3 N–H and O–H groups in total. The molecule has 0 spiro atoms. The number of amides is 3.